The van der Waals surface area contributed by atoms with E-state index in [-0.39, 0.29) is 18.0 Å². The fraction of sp³-hybridized carbons (Fsp3) is 0.130. The first kappa shape index (κ1) is 25.5. The molecule has 0 aliphatic carbocycles. The molecule has 0 heterocycles. The number of sulfonamides is 1. The molecule has 178 valence electrons. The Bertz CT molecular complexity index is 1310. The molecule has 34 heavy (non-hydrogen) atoms. The molecule has 0 saturated carbocycles. The van der Waals surface area contributed by atoms with Crippen molar-refractivity contribution in [3.63, 3.8) is 0 Å². The van der Waals surface area contributed by atoms with E-state index >= 15 is 0 Å². The standard InChI is InChI=1S/C23H21BrClN3O5S/c1-33-21-12-16(11-20(24)22(21)29)13-26-27-23(30)17-5-9-19(10-6-17)28(34(2,31)32)14-15-3-7-18(25)8-4-15/h3-13,29H,14H2,1-2H3,(H,27,30)/b26-13-. The molecule has 0 unspecified atom stereocenters. The molecule has 0 bridgehead atoms. The van der Waals surface area contributed by atoms with Crippen LogP contribution in [0.25, 0.3) is 0 Å². The van der Waals surface area contributed by atoms with E-state index in [0.29, 0.717) is 26.3 Å². The smallest absolute Gasteiger partial charge is 0.271 e. The number of anilines is 1. The van der Waals surface area contributed by atoms with Gasteiger partial charge in [-0.3, -0.25) is 9.10 Å². The molecule has 3 aromatic carbocycles. The first-order chi connectivity index (χ1) is 16.1. The zero-order chi connectivity index (χ0) is 24.9. The second-order valence-corrected chi connectivity index (χ2v) is 10.4. The van der Waals surface area contributed by atoms with E-state index in [2.05, 4.69) is 26.5 Å². The second-order valence-electron chi connectivity index (χ2n) is 7.20. The number of benzene rings is 3. The van der Waals surface area contributed by atoms with Crippen LogP contribution >= 0.6 is 27.5 Å². The first-order valence-corrected chi connectivity index (χ1v) is 12.8. The van der Waals surface area contributed by atoms with E-state index in [4.69, 9.17) is 16.3 Å². The van der Waals surface area contributed by atoms with Crippen LogP contribution < -0.4 is 14.5 Å². The van der Waals surface area contributed by atoms with Crippen LogP contribution in [0.5, 0.6) is 11.5 Å². The van der Waals surface area contributed by atoms with Crippen molar-refractivity contribution in [1.29, 1.82) is 0 Å². The Balaban J connectivity index is 1.72. The summed E-state index contributed by atoms with van der Waals surface area (Å²) >= 11 is 9.12. The molecular weight excluding hydrogens is 546 g/mol. The van der Waals surface area contributed by atoms with Crippen molar-refractivity contribution < 1.29 is 23.1 Å². The summed E-state index contributed by atoms with van der Waals surface area (Å²) in [6.45, 7) is 0.123. The van der Waals surface area contributed by atoms with Crippen molar-refractivity contribution in [3.8, 4) is 11.5 Å². The summed E-state index contributed by atoms with van der Waals surface area (Å²) in [5.74, 6) is -0.258. The molecule has 3 aromatic rings. The maximum Gasteiger partial charge on any atom is 0.271 e. The predicted molar refractivity (Wildman–Crippen MR) is 136 cm³/mol. The lowest BCUT2D eigenvalue weighted by molar-refractivity contribution is 0.0955. The normalized spacial score (nSPS) is 11.4. The van der Waals surface area contributed by atoms with Gasteiger partial charge in [-0.2, -0.15) is 5.10 Å². The van der Waals surface area contributed by atoms with Gasteiger partial charge in [0.2, 0.25) is 10.0 Å². The van der Waals surface area contributed by atoms with Crippen molar-refractivity contribution >= 4 is 55.4 Å². The molecule has 8 nitrogen and oxygen atoms in total. The molecule has 3 rings (SSSR count). The third kappa shape index (κ3) is 6.49. The van der Waals surface area contributed by atoms with E-state index < -0.39 is 15.9 Å². The highest BCUT2D eigenvalue weighted by molar-refractivity contribution is 9.10. The van der Waals surface area contributed by atoms with Gasteiger partial charge in [0.05, 0.1) is 36.3 Å². The number of ether oxygens (including phenoxy) is 1. The number of hydrogen-bond donors (Lipinski definition) is 2. The Kier molecular flexibility index (Phi) is 8.19. The molecule has 0 aromatic heterocycles. The molecule has 0 aliphatic heterocycles. The van der Waals surface area contributed by atoms with Crippen LogP contribution in [0, 0.1) is 0 Å². The van der Waals surface area contributed by atoms with E-state index in [9.17, 15) is 18.3 Å². The van der Waals surface area contributed by atoms with Crippen molar-refractivity contribution in [3.05, 3.63) is 86.8 Å². The summed E-state index contributed by atoms with van der Waals surface area (Å²) in [7, 11) is -2.15. The predicted octanol–water partition coefficient (Wildman–Crippen LogP) is 4.55. The van der Waals surface area contributed by atoms with Crippen LogP contribution in [0.4, 0.5) is 5.69 Å². The molecular formula is C23H21BrClN3O5S. The second kappa shape index (κ2) is 10.9. The zero-order valence-corrected chi connectivity index (χ0v) is 21.4. The highest BCUT2D eigenvalue weighted by atomic mass is 79.9. The summed E-state index contributed by atoms with van der Waals surface area (Å²) in [5, 5.41) is 14.3. The zero-order valence-electron chi connectivity index (χ0n) is 18.2. The highest BCUT2D eigenvalue weighted by Gasteiger charge is 2.18. The van der Waals surface area contributed by atoms with Crippen molar-refractivity contribution in [2.45, 2.75) is 6.54 Å². The third-order valence-electron chi connectivity index (χ3n) is 4.71. The summed E-state index contributed by atoms with van der Waals surface area (Å²) in [6, 6.07) is 16.2. The Morgan fingerprint density at radius 2 is 1.82 bits per heavy atom. The Morgan fingerprint density at radius 1 is 1.18 bits per heavy atom. The fourth-order valence-corrected chi connectivity index (χ4v) is 4.46. The van der Waals surface area contributed by atoms with E-state index in [1.54, 1.807) is 48.5 Å². The van der Waals surface area contributed by atoms with Crippen LogP contribution in [0.1, 0.15) is 21.5 Å². The summed E-state index contributed by atoms with van der Waals surface area (Å²) in [6.07, 6.45) is 2.52. The summed E-state index contributed by atoms with van der Waals surface area (Å²) < 4.78 is 31.5. The molecule has 0 spiro atoms. The minimum Gasteiger partial charge on any atom is -0.503 e. The van der Waals surface area contributed by atoms with Gasteiger partial charge < -0.3 is 9.84 Å². The minimum atomic E-state index is -3.57. The van der Waals surface area contributed by atoms with Gasteiger partial charge in [-0.1, -0.05) is 23.7 Å². The van der Waals surface area contributed by atoms with Crippen molar-refractivity contribution in [2.24, 2.45) is 5.10 Å². The molecule has 0 atom stereocenters. The number of nitrogens with zero attached hydrogens (tertiary/aromatic N) is 2. The number of aromatic hydroxyl groups is 1. The van der Waals surface area contributed by atoms with Crippen LogP contribution in [0.2, 0.25) is 5.02 Å². The van der Waals surface area contributed by atoms with E-state index in [1.165, 1.54) is 29.8 Å². The molecule has 1 amide bonds. The largest absolute Gasteiger partial charge is 0.503 e. The molecule has 0 aliphatic rings. The third-order valence-corrected chi connectivity index (χ3v) is 6.70. The number of nitrogens with one attached hydrogen (secondary N) is 1. The lowest BCUT2D eigenvalue weighted by atomic mass is 10.2. The number of methoxy groups -OCH3 is 1. The van der Waals surface area contributed by atoms with E-state index in [0.717, 1.165) is 11.8 Å². The number of phenolic OH excluding ortho intramolecular Hbond substituents is 1. The molecule has 11 heteroatoms. The van der Waals surface area contributed by atoms with Gasteiger partial charge in [-0.15, -0.1) is 0 Å². The Labute approximate surface area is 211 Å². The molecule has 0 radical (unpaired) electrons. The van der Waals surface area contributed by atoms with Gasteiger partial charge in [0.15, 0.2) is 11.5 Å². The number of rotatable bonds is 8. The number of hydrogen-bond acceptors (Lipinski definition) is 6. The summed E-state index contributed by atoms with van der Waals surface area (Å²) in [5.41, 5.74) is 4.48. The number of halogens is 2. The molecule has 0 saturated heterocycles. The van der Waals surface area contributed by atoms with Crippen LogP contribution in [0.3, 0.4) is 0 Å². The maximum atomic E-state index is 12.4. The van der Waals surface area contributed by atoms with Crippen LogP contribution in [0.15, 0.2) is 70.2 Å². The van der Waals surface area contributed by atoms with E-state index in [1.807, 2.05) is 0 Å². The lowest BCUT2D eigenvalue weighted by Crippen LogP contribution is -2.29. The monoisotopic (exact) mass is 565 g/mol. The Morgan fingerprint density at radius 3 is 2.41 bits per heavy atom. The van der Waals surface area contributed by atoms with Crippen molar-refractivity contribution in [1.82, 2.24) is 5.43 Å². The number of amides is 1. The lowest BCUT2D eigenvalue weighted by Gasteiger charge is -2.22. The fourth-order valence-electron chi connectivity index (χ4n) is 2.99. The minimum absolute atomic E-state index is 0.0389. The van der Waals surface area contributed by atoms with Gasteiger partial charge in [0.25, 0.3) is 5.91 Å². The SMILES string of the molecule is COc1cc(/C=N\NC(=O)c2ccc(N(Cc3ccc(Cl)cc3)S(C)(=O)=O)cc2)cc(Br)c1O. The summed E-state index contributed by atoms with van der Waals surface area (Å²) in [4.78, 5) is 12.4. The van der Waals surface area contributed by atoms with Crippen molar-refractivity contribution in [2.75, 3.05) is 17.7 Å². The van der Waals surface area contributed by atoms with Gasteiger partial charge in [-0.25, -0.2) is 13.8 Å². The Hall–Kier alpha value is -3.08. The highest BCUT2D eigenvalue weighted by Crippen LogP contribution is 2.34. The number of carbonyl (C=O) groups excluding carboxylic acids is 1. The van der Waals surface area contributed by atoms with Crippen LogP contribution in [-0.4, -0.2) is 39.0 Å². The number of phenols is 1. The molecule has 0 fully saturated rings. The van der Waals surface area contributed by atoms with Gasteiger partial charge in [-0.05, 0) is 75.6 Å². The number of hydrazone groups is 1. The quantitative estimate of drug-likeness (QED) is 0.307. The maximum absolute atomic E-state index is 12.4. The van der Waals surface area contributed by atoms with Gasteiger partial charge >= 0.3 is 0 Å². The van der Waals surface area contributed by atoms with Gasteiger partial charge in [0.1, 0.15) is 0 Å². The average molecular weight is 567 g/mol. The molecule has 2 N–H and O–H groups in total. The first-order valence-electron chi connectivity index (χ1n) is 9.80. The topological polar surface area (TPSA) is 108 Å². The average Bonchev–Trinajstić information content (AvgIpc) is 2.80. The van der Waals surface area contributed by atoms with Crippen LogP contribution in [-0.2, 0) is 16.6 Å². The van der Waals surface area contributed by atoms with Gasteiger partial charge in [0, 0.05) is 10.6 Å². The number of carbonyl (C=O) groups is 1.